The number of ether oxygens (including phenoxy) is 1. The highest BCUT2D eigenvalue weighted by molar-refractivity contribution is 7.92. The summed E-state index contributed by atoms with van der Waals surface area (Å²) in [5.74, 6) is -0.349. The second-order valence-electron chi connectivity index (χ2n) is 6.58. The highest BCUT2D eigenvalue weighted by atomic mass is 32.2. The lowest BCUT2D eigenvalue weighted by Crippen LogP contribution is -2.53. The molecule has 10 heteroatoms. The minimum Gasteiger partial charge on any atom is -0.465 e. The van der Waals surface area contributed by atoms with E-state index in [0.717, 1.165) is 0 Å². The summed E-state index contributed by atoms with van der Waals surface area (Å²) in [7, 11) is -2.05. The molecule has 0 unspecified atom stereocenters. The van der Waals surface area contributed by atoms with Gasteiger partial charge in [-0.15, -0.1) is 0 Å². The van der Waals surface area contributed by atoms with Crippen LogP contribution >= 0.6 is 0 Å². The standard InChI is InChI=1S/C14H24N4O5S/c1-14(2,16-13(19)20)10-24(21,22)18(11-4-6-23-7-5-11)12-8-15-17(3)9-12/h8-9,11,16H,4-7,10H2,1-3H3,(H,19,20). The zero-order valence-electron chi connectivity index (χ0n) is 14.1. The number of hydrogen-bond donors (Lipinski definition) is 2. The second-order valence-corrected chi connectivity index (χ2v) is 8.43. The maximum absolute atomic E-state index is 13.1. The van der Waals surface area contributed by atoms with Gasteiger partial charge in [0.1, 0.15) is 0 Å². The largest absolute Gasteiger partial charge is 0.465 e. The number of amides is 1. The fourth-order valence-electron chi connectivity index (χ4n) is 2.89. The molecule has 2 rings (SSSR count). The van der Waals surface area contributed by atoms with Gasteiger partial charge in [0.25, 0.3) is 0 Å². The first-order valence-electron chi connectivity index (χ1n) is 7.70. The minimum absolute atomic E-state index is 0.228. The van der Waals surface area contributed by atoms with Crippen LogP contribution in [0.5, 0.6) is 0 Å². The fourth-order valence-corrected chi connectivity index (χ4v) is 5.10. The summed E-state index contributed by atoms with van der Waals surface area (Å²) in [6.45, 7) is 4.08. The van der Waals surface area contributed by atoms with Gasteiger partial charge < -0.3 is 15.2 Å². The number of nitrogens with zero attached hydrogens (tertiary/aromatic N) is 3. The molecule has 1 amide bonds. The molecule has 2 N–H and O–H groups in total. The van der Waals surface area contributed by atoms with Crippen LogP contribution in [0.1, 0.15) is 26.7 Å². The fraction of sp³-hybridized carbons (Fsp3) is 0.714. The molecule has 1 aliphatic rings. The van der Waals surface area contributed by atoms with Crippen LogP contribution in [0.2, 0.25) is 0 Å². The van der Waals surface area contributed by atoms with Crippen LogP contribution in [0.3, 0.4) is 0 Å². The maximum Gasteiger partial charge on any atom is 0.405 e. The van der Waals surface area contributed by atoms with E-state index in [4.69, 9.17) is 9.84 Å². The molecule has 1 aliphatic heterocycles. The van der Waals surface area contributed by atoms with E-state index in [1.165, 1.54) is 15.2 Å². The van der Waals surface area contributed by atoms with E-state index in [-0.39, 0.29) is 11.8 Å². The van der Waals surface area contributed by atoms with Gasteiger partial charge in [-0.05, 0) is 26.7 Å². The third-order valence-corrected chi connectivity index (χ3v) is 5.95. The van der Waals surface area contributed by atoms with E-state index in [2.05, 4.69) is 10.4 Å². The Labute approximate surface area is 141 Å². The maximum atomic E-state index is 13.1. The van der Waals surface area contributed by atoms with Gasteiger partial charge in [0.15, 0.2) is 0 Å². The number of anilines is 1. The SMILES string of the molecule is Cn1cc(N(C2CCOCC2)S(=O)(=O)CC(C)(C)NC(=O)O)cn1. The highest BCUT2D eigenvalue weighted by Crippen LogP contribution is 2.27. The van der Waals surface area contributed by atoms with Crippen LogP contribution in [-0.2, 0) is 21.8 Å². The first-order chi connectivity index (χ1) is 11.1. The molecular weight excluding hydrogens is 336 g/mol. The second kappa shape index (κ2) is 6.98. The number of sulfonamides is 1. The Morgan fingerprint density at radius 2 is 2.12 bits per heavy atom. The van der Waals surface area contributed by atoms with Gasteiger partial charge >= 0.3 is 6.09 Å². The summed E-state index contributed by atoms with van der Waals surface area (Å²) in [6, 6.07) is -0.228. The first kappa shape index (κ1) is 18.5. The molecule has 0 spiro atoms. The molecule has 2 heterocycles. The smallest absolute Gasteiger partial charge is 0.405 e. The lowest BCUT2D eigenvalue weighted by Gasteiger charge is -2.36. The molecule has 0 aliphatic carbocycles. The number of nitrogens with one attached hydrogen (secondary N) is 1. The number of carbonyl (C=O) groups is 1. The summed E-state index contributed by atoms with van der Waals surface area (Å²) in [6.07, 6.45) is 3.06. The Morgan fingerprint density at radius 1 is 1.50 bits per heavy atom. The van der Waals surface area contributed by atoms with Gasteiger partial charge in [0, 0.05) is 32.5 Å². The molecular formula is C14H24N4O5S. The average Bonchev–Trinajstić information content (AvgIpc) is 2.82. The highest BCUT2D eigenvalue weighted by Gasteiger charge is 2.37. The monoisotopic (exact) mass is 360 g/mol. The zero-order valence-corrected chi connectivity index (χ0v) is 14.9. The summed E-state index contributed by atoms with van der Waals surface area (Å²) >= 11 is 0. The van der Waals surface area contributed by atoms with E-state index in [1.807, 2.05) is 0 Å². The minimum atomic E-state index is -3.77. The average molecular weight is 360 g/mol. The molecule has 9 nitrogen and oxygen atoms in total. The van der Waals surface area contributed by atoms with E-state index in [1.54, 1.807) is 27.1 Å². The number of aromatic nitrogens is 2. The van der Waals surface area contributed by atoms with Crippen LogP contribution in [0, 0.1) is 0 Å². The summed E-state index contributed by atoms with van der Waals surface area (Å²) < 4.78 is 34.3. The van der Waals surface area contributed by atoms with Crippen molar-refractivity contribution in [2.24, 2.45) is 7.05 Å². The van der Waals surface area contributed by atoms with Crippen LogP contribution in [0.4, 0.5) is 10.5 Å². The molecule has 1 fully saturated rings. The molecule has 1 aromatic rings. The summed E-state index contributed by atoms with van der Waals surface area (Å²) in [4.78, 5) is 10.9. The Morgan fingerprint density at radius 3 is 2.62 bits per heavy atom. The Hall–Kier alpha value is -1.81. The molecule has 0 aromatic carbocycles. The van der Waals surface area contributed by atoms with Gasteiger partial charge in [-0.1, -0.05) is 0 Å². The molecule has 0 atom stereocenters. The van der Waals surface area contributed by atoms with E-state index >= 15 is 0 Å². The summed E-state index contributed by atoms with van der Waals surface area (Å²) in [5.41, 5.74) is -0.633. The van der Waals surface area contributed by atoms with Crippen LogP contribution in [-0.4, -0.2) is 59.9 Å². The Balaban J connectivity index is 2.32. The molecule has 24 heavy (non-hydrogen) atoms. The van der Waals surface area contributed by atoms with Crippen LogP contribution in [0.25, 0.3) is 0 Å². The molecule has 0 bridgehead atoms. The van der Waals surface area contributed by atoms with Crippen molar-refractivity contribution < 1.29 is 23.1 Å². The molecule has 1 saturated heterocycles. The third-order valence-electron chi connectivity index (χ3n) is 3.76. The molecule has 0 radical (unpaired) electrons. The van der Waals surface area contributed by atoms with E-state index in [0.29, 0.717) is 31.7 Å². The van der Waals surface area contributed by atoms with Crippen molar-refractivity contribution >= 4 is 21.8 Å². The summed E-state index contributed by atoms with van der Waals surface area (Å²) in [5, 5.41) is 15.2. The van der Waals surface area contributed by atoms with Crippen molar-refractivity contribution in [3.05, 3.63) is 12.4 Å². The molecule has 0 saturated carbocycles. The van der Waals surface area contributed by atoms with E-state index in [9.17, 15) is 13.2 Å². The van der Waals surface area contributed by atoms with Crippen molar-refractivity contribution in [1.82, 2.24) is 15.1 Å². The van der Waals surface area contributed by atoms with Gasteiger partial charge in [-0.25, -0.2) is 13.2 Å². The third kappa shape index (κ3) is 4.60. The predicted molar refractivity (Wildman–Crippen MR) is 88.6 cm³/mol. The number of carboxylic acid groups (broad SMARTS) is 1. The van der Waals surface area contributed by atoms with Crippen molar-refractivity contribution in [1.29, 1.82) is 0 Å². The lowest BCUT2D eigenvalue weighted by atomic mass is 10.1. The number of rotatable bonds is 6. The zero-order chi connectivity index (χ0) is 18.0. The van der Waals surface area contributed by atoms with Gasteiger partial charge in [-0.2, -0.15) is 5.10 Å². The van der Waals surface area contributed by atoms with Crippen LogP contribution in [0.15, 0.2) is 12.4 Å². The van der Waals surface area contributed by atoms with Crippen molar-refractivity contribution in [2.45, 2.75) is 38.3 Å². The lowest BCUT2D eigenvalue weighted by molar-refractivity contribution is 0.0875. The normalized spacial score (nSPS) is 16.8. The Kier molecular flexibility index (Phi) is 5.38. The Bertz CT molecular complexity index is 679. The number of aryl methyl sites for hydroxylation is 1. The number of hydrogen-bond acceptors (Lipinski definition) is 5. The predicted octanol–water partition coefficient (Wildman–Crippen LogP) is 0.782. The van der Waals surface area contributed by atoms with Gasteiger partial charge in [0.05, 0.1) is 23.2 Å². The molecule has 1 aromatic heterocycles. The molecule has 136 valence electrons. The van der Waals surface area contributed by atoms with Crippen LogP contribution < -0.4 is 9.62 Å². The van der Waals surface area contributed by atoms with Gasteiger partial charge in [0.2, 0.25) is 10.0 Å². The van der Waals surface area contributed by atoms with Crippen molar-refractivity contribution in [3.8, 4) is 0 Å². The van der Waals surface area contributed by atoms with Gasteiger partial charge in [-0.3, -0.25) is 8.99 Å². The van der Waals surface area contributed by atoms with Crippen molar-refractivity contribution in [2.75, 3.05) is 23.3 Å². The van der Waals surface area contributed by atoms with Crippen molar-refractivity contribution in [3.63, 3.8) is 0 Å². The quantitative estimate of drug-likeness (QED) is 0.775. The topological polar surface area (TPSA) is 114 Å². The first-order valence-corrected chi connectivity index (χ1v) is 9.31. The van der Waals surface area contributed by atoms with E-state index < -0.39 is 21.7 Å².